The predicted molar refractivity (Wildman–Crippen MR) is 88.5 cm³/mol. The molecule has 0 aromatic rings. The van der Waals surface area contributed by atoms with Gasteiger partial charge in [0.05, 0.1) is 4.99 Å². The summed E-state index contributed by atoms with van der Waals surface area (Å²) in [5.74, 6) is 0.975. The number of nitrogens with two attached hydrogens (primary N) is 1. The standard InChI is InChI=1S/C16H32N2S/c1-4-7-14-8-5-11-18(13-9-14)12-6-10-16(2,3)15(17)19/h14H,4-13H2,1-3H3,(H2,17,19). The Bertz CT molecular complexity index is 276. The average molecular weight is 285 g/mol. The first kappa shape index (κ1) is 16.9. The van der Waals surface area contributed by atoms with Gasteiger partial charge in [0.1, 0.15) is 0 Å². The van der Waals surface area contributed by atoms with Crippen LogP contribution < -0.4 is 5.73 Å². The molecular weight excluding hydrogens is 252 g/mol. The molecule has 0 saturated carbocycles. The Hall–Kier alpha value is -0.150. The van der Waals surface area contributed by atoms with E-state index in [-0.39, 0.29) is 5.41 Å². The van der Waals surface area contributed by atoms with Crippen LogP contribution in [0.5, 0.6) is 0 Å². The van der Waals surface area contributed by atoms with Gasteiger partial charge >= 0.3 is 0 Å². The van der Waals surface area contributed by atoms with E-state index < -0.39 is 0 Å². The van der Waals surface area contributed by atoms with Gasteiger partial charge in [-0.15, -0.1) is 0 Å². The fourth-order valence-electron chi connectivity index (χ4n) is 3.01. The van der Waals surface area contributed by atoms with E-state index in [1.165, 1.54) is 58.2 Å². The Labute approximate surface area is 125 Å². The van der Waals surface area contributed by atoms with E-state index in [0.29, 0.717) is 4.99 Å². The highest BCUT2D eigenvalue weighted by molar-refractivity contribution is 7.80. The molecule has 0 aromatic carbocycles. The molecule has 1 aliphatic heterocycles. The monoisotopic (exact) mass is 284 g/mol. The molecule has 112 valence electrons. The molecule has 1 heterocycles. The Morgan fingerprint density at radius 1 is 1.32 bits per heavy atom. The summed E-state index contributed by atoms with van der Waals surface area (Å²) in [6.45, 7) is 10.4. The Balaban J connectivity index is 2.25. The molecule has 0 bridgehead atoms. The molecular formula is C16H32N2S. The second kappa shape index (κ2) is 8.21. The maximum atomic E-state index is 5.78. The second-order valence-corrected chi connectivity index (χ2v) is 7.22. The lowest BCUT2D eigenvalue weighted by atomic mass is 9.88. The van der Waals surface area contributed by atoms with Crippen LogP contribution in [0, 0.1) is 11.3 Å². The summed E-state index contributed by atoms with van der Waals surface area (Å²) >= 11 is 5.13. The zero-order valence-corrected chi connectivity index (χ0v) is 13.9. The second-order valence-electron chi connectivity index (χ2n) is 6.78. The van der Waals surface area contributed by atoms with E-state index in [1.807, 2.05) is 0 Å². The van der Waals surface area contributed by atoms with Crippen LogP contribution in [-0.4, -0.2) is 29.5 Å². The van der Waals surface area contributed by atoms with Crippen LogP contribution in [0.4, 0.5) is 0 Å². The lowest BCUT2D eigenvalue weighted by molar-refractivity contribution is 0.263. The molecule has 1 aliphatic rings. The highest BCUT2D eigenvalue weighted by atomic mass is 32.1. The molecule has 1 fully saturated rings. The van der Waals surface area contributed by atoms with Crippen molar-refractivity contribution < 1.29 is 0 Å². The van der Waals surface area contributed by atoms with Crippen molar-refractivity contribution in [3.63, 3.8) is 0 Å². The van der Waals surface area contributed by atoms with Crippen LogP contribution in [0.3, 0.4) is 0 Å². The van der Waals surface area contributed by atoms with E-state index in [1.54, 1.807) is 0 Å². The first-order chi connectivity index (χ1) is 8.95. The minimum atomic E-state index is 0.0198. The molecule has 1 saturated heterocycles. The number of rotatable bonds is 7. The van der Waals surface area contributed by atoms with Crippen molar-refractivity contribution in [2.24, 2.45) is 17.1 Å². The summed E-state index contributed by atoms with van der Waals surface area (Å²) in [4.78, 5) is 3.30. The van der Waals surface area contributed by atoms with Crippen LogP contribution in [0.15, 0.2) is 0 Å². The number of nitrogens with zero attached hydrogens (tertiary/aromatic N) is 1. The third-order valence-corrected chi connectivity index (χ3v) is 5.13. The number of hydrogen-bond donors (Lipinski definition) is 1. The van der Waals surface area contributed by atoms with Crippen molar-refractivity contribution in [3.05, 3.63) is 0 Å². The predicted octanol–water partition coefficient (Wildman–Crippen LogP) is 3.98. The van der Waals surface area contributed by atoms with E-state index >= 15 is 0 Å². The van der Waals surface area contributed by atoms with Crippen LogP contribution in [0.25, 0.3) is 0 Å². The van der Waals surface area contributed by atoms with Gasteiger partial charge in [-0.2, -0.15) is 0 Å². The summed E-state index contributed by atoms with van der Waals surface area (Å²) in [5.41, 5.74) is 5.80. The maximum absolute atomic E-state index is 5.78. The van der Waals surface area contributed by atoms with Gasteiger partial charge in [0.25, 0.3) is 0 Å². The third kappa shape index (κ3) is 6.22. The molecule has 1 atom stereocenters. The van der Waals surface area contributed by atoms with Crippen LogP contribution in [0.1, 0.15) is 65.7 Å². The van der Waals surface area contributed by atoms with Gasteiger partial charge < -0.3 is 10.6 Å². The van der Waals surface area contributed by atoms with Crippen molar-refractivity contribution in [2.75, 3.05) is 19.6 Å². The molecule has 1 rings (SSSR count). The van der Waals surface area contributed by atoms with Gasteiger partial charge in [0.15, 0.2) is 0 Å². The molecule has 3 heteroatoms. The van der Waals surface area contributed by atoms with Gasteiger partial charge in [-0.1, -0.05) is 45.8 Å². The smallest absolute Gasteiger partial charge is 0.0784 e. The molecule has 0 aliphatic carbocycles. The SMILES string of the molecule is CCCC1CCCN(CCCC(C)(C)C(N)=S)CC1. The highest BCUT2D eigenvalue weighted by Gasteiger charge is 2.22. The third-order valence-electron chi connectivity index (χ3n) is 4.58. The molecule has 0 spiro atoms. The van der Waals surface area contributed by atoms with Crippen molar-refractivity contribution in [1.29, 1.82) is 0 Å². The molecule has 0 amide bonds. The van der Waals surface area contributed by atoms with Crippen LogP contribution >= 0.6 is 12.2 Å². The highest BCUT2D eigenvalue weighted by Crippen LogP contribution is 2.25. The van der Waals surface area contributed by atoms with Gasteiger partial charge in [-0.3, -0.25) is 0 Å². The molecule has 2 N–H and O–H groups in total. The van der Waals surface area contributed by atoms with Crippen LogP contribution in [0.2, 0.25) is 0 Å². The molecule has 2 nitrogen and oxygen atoms in total. The van der Waals surface area contributed by atoms with Crippen molar-refractivity contribution in [1.82, 2.24) is 4.90 Å². The first-order valence-corrected chi connectivity index (χ1v) is 8.39. The zero-order chi connectivity index (χ0) is 14.3. The summed E-state index contributed by atoms with van der Waals surface area (Å²) in [6, 6.07) is 0. The van der Waals surface area contributed by atoms with Crippen molar-refractivity contribution >= 4 is 17.2 Å². The van der Waals surface area contributed by atoms with E-state index in [2.05, 4.69) is 25.7 Å². The quantitative estimate of drug-likeness (QED) is 0.717. The van der Waals surface area contributed by atoms with Gasteiger partial charge in [-0.05, 0) is 57.7 Å². The maximum Gasteiger partial charge on any atom is 0.0784 e. The number of likely N-dealkylation sites (tertiary alicyclic amines) is 1. The first-order valence-electron chi connectivity index (χ1n) is 7.98. The largest absolute Gasteiger partial charge is 0.393 e. The Kier molecular flexibility index (Phi) is 7.30. The average Bonchev–Trinajstić information content (AvgIpc) is 2.55. The van der Waals surface area contributed by atoms with E-state index in [0.717, 1.165) is 12.3 Å². The number of thiocarbonyl (C=S) groups is 1. The van der Waals surface area contributed by atoms with Gasteiger partial charge in [-0.25, -0.2) is 0 Å². The molecule has 1 unspecified atom stereocenters. The molecule has 19 heavy (non-hydrogen) atoms. The molecule has 0 radical (unpaired) electrons. The van der Waals surface area contributed by atoms with Crippen LogP contribution in [-0.2, 0) is 0 Å². The Morgan fingerprint density at radius 3 is 2.68 bits per heavy atom. The number of hydrogen-bond acceptors (Lipinski definition) is 2. The lowest BCUT2D eigenvalue weighted by Crippen LogP contribution is -2.32. The van der Waals surface area contributed by atoms with Gasteiger partial charge in [0, 0.05) is 5.41 Å². The Morgan fingerprint density at radius 2 is 2.05 bits per heavy atom. The minimum absolute atomic E-state index is 0.0198. The fraction of sp³-hybridized carbons (Fsp3) is 0.938. The fourth-order valence-corrected chi connectivity index (χ4v) is 3.12. The summed E-state index contributed by atoms with van der Waals surface area (Å²) in [5, 5.41) is 0. The van der Waals surface area contributed by atoms with E-state index in [4.69, 9.17) is 18.0 Å². The summed E-state index contributed by atoms with van der Waals surface area (Å²) in [7, 11) is 0. The molecule has 0 aromatic heterocycles. The normalized spacial score (nSPS) is 22.2. The summed E-state index contributed by atoms with van der Waals surface area (Å²) in [6.07, 6.45) is 9.29. The lowest BCUT2D eigenvalue weighted by Gasteiger charge is -2.25. The zero-order valence-electron chi connectivity index (χ0n) is 13.1. The topological polar surface area (TPSA) is 29.3 Å². The van der Waals surface area contributed by atoms with Crippen molar-refractivity contribution in [2.45, 2.75) is 65.7 Å². The van der Waals surface area contributed by atoms with Gasteiger partial charge in [0.2, 0.25) is 0 Å². The van der Waals surface area contributed by atoms with E-state index in [9.17, 15) is 0 Å². The minimum Gasteiger partial charge on any atom is -0.393 e. The summed E-state index contributed by atoms with van der Waals surface area (Å²) < 4.78 is 0. The van der Waals surface area contributed by atoms with Crippen molar-refractivity contribution in [3.8, 4) is 0 Å².